The van der Waals surface area contributed by atoms with E-state index in [1.165, 1.54) is 59.3 Å². The molecule has 2 aliphatic rings. The van der Waals surface area contributed by atoms with Crippen LogP contribution in [0, 0.1) is 5.92 Å². The van der Waals surface area contributed by atoms with Gasteiger partial charge in [0.05, 0.1) is 0 Å². The van der Waals surface area contributed by atoms with Crippen LogP contribution in [0.2, 0.25) is 0 Å². The standard InChI is InChI=1S/C31H24S/c1-19-18-20-14-17-29-31(27-12-6-7-13-28(27)32-29)30(20)21(19)15-16-26-24-10-4-2-8-22(24)23-9-3-5-11-25(23)26/h2-14,17-19,26H,15-16H2,1H3. The Morgan fingerprint density at radius 3 is 2.19 bits per heavy atom. The molecule has 0 fully saturated rings. The van der Waals surface area contributed by atoms with Crippen LogP contribution in [0.4, 0.5) is 0 Å². The fourth-order valence-electron chi connectivity index (χ4n) is 6.14. The van der Waals surface area contributed by atoms with Crippen molar-refractivity contribution in [2.45, 2.75) is 25.7 Å². The number of fused-ring (bicyclic) bond motifs is 8. The molecule has 0 radical (unpaired) electrons. The normalized spacial score (nSPS) is 16.9. The molecule has 0 aliphatic heterocycles. The zero-order valence-electron chi connectivity index (χ0n) is 18.1. The van der Waals surface area contributed by atoms with Crippen LogP contribution in [-0.2, 0) is 0 Å². The number of hydrogen-bond donors (Lipinski definition) is 0. The lowest BCUT2D eigenvalue weighted by molar-refractivity contribution is 0.731. The van der Waals surface area contributed by atoms with E-state index in [4.69, 9.17) is 0 Å². The van der Waals surface area contributed by atoms with Gasteiger partial charge in [-0.15, -0.1) is 11.3 Å². The summed E-state index contributed by atoms with van der Waals surface area (Å²) >= 11 is 1.93. The van der Waals surface area contributed by atoms with Crippen molar-refractivity contribution in [2.24, 2.45) is 5.92 Å². The molecule has 2 aliphatic carbocycles. The molecule has 0 amide bonds. The van der Waals surface area contributed by atoms with Gasteiger partial charge in [-0.3, -0.25) is 0 Å². The highest BCUT2D eigenvalue weighted by molar-refractivity contribution is 7.25. The van der Waals surface area contributed by atoms with Crippen molar-refractivity contribution >= 4 is 43.2 Å². The van der Waals surface area contributed by atoms with E-state index in [2.05, 4.69) is 97.9 Å². The molecule has 0 N–H and O–H groups in total. The zero-order chi connectivity index (χ0) is 21.2. The van der Waals surface area contributed by atoms with Crippen LogP contribution >= 0.6 is 11.3 Å². The quantitative estimate of drug-likeness (QED) is 0.284. The Morgan fingerprint density at radius 2 is 1.41 bits per heavy atom. The van der Waals surface area contributed by atoms with Crippen LogP contribution in [0.1, 0.15) is 36.8 Å². The highest BCUT2D eigenvalue weighted by atomic mass is 32.1. The summed E-state index contributed by atoms with van der Waals surface area (Å²) in [6.07, 6.45) is 4.79. The Labute approximate surface area is 192 Å². The van der Waals surface area contributed by atoms with E-state index in [-0.39, 0.29) is 0 Å². The van der Waals surface area contributed by atoms with Gasteiger partial charge in [0.1, 0.15) is 0 Å². The van der Waals surface area contributed by atoms with Gasteiger partial charge in [-0.1, -0.05) is 91.4 Å². The van der Waals surface area contributed by atoms with Gasteiger partial charge in [-0.05, 0) is 63.6 Å². The van der Waals surface area contributed by atoms with E-state index in [1.54, 1.807) is 5.57 Å². The third kappa shape index (κ3) is 2.55. The maximum atomic E-state index is 2.48. The highest BCUT2D eigenvalue weighted by Crippen LogP contribution is 2.47. The minimum atomic E-state index is 0.490. The minimum absolute atomic E-state index is 0.490. The summed E-state index contributed by atoms with van der Waals surface area (Å²) in [6.45, 7) is 2.38. The molecular weight excluding hydrogens is 404 g/mol. The van der Waals surface area contributed by atoms with E-state index in [9.17, 15) is 0 Å². The SMILES string of the molecule is CC1C=c2ccc3sc4ccccc4c3c2=C1CCC1c2ccccc2-c2ccccc21. The lowest BCUT2D eigenvalue weighted by Gasteiger charge is -2.16. The van der Waals surface area contributed by atoms with Gasteiger partial charge in [0.25, 0.3) is 0 Å². The van der Waals surface area contributed by atoms with Crippen molar-refractivity contribution in [3.05, 3.63) is 106 Å². The lowest BCUT2D eigenvalue weighted by Crippen LogP contribution is -2.23. The van der Waals surface area contributed by atoms with Crippen LogP contribution in [0.5, 0.6) is 0 Å². The van der Waals surface area contributed by atoms with Gasteiger partial charge in [0.15, 0.2) is 0 Å². The smallest absolute Gasteiger partial charge is 0.0361 e. The molecule has 0 bridgehead atoms. The third-order valence-corrected chi connectivity index (χ3v) is 8.68. The summed E-state index contributed by atoms with van der Waals surface area (Å²) in [6, 6.07) is 31.6. The molecule has 1 aromatic heterocycles. The van der Waals surface area contributed by atoms with Gasteiger partial charge >= 0.3 is 0 Å². The summed E-state index contributed by atoms with van der Waals surface area (Å²) in [4.78, 5) is 0. The first-order chi connectivity index (χ1) is 15.8. The summed E-state index contributed by atoms with van der Waals surface area (Å²) in [7, 11) is 0. The van der Waals surface area contributed by atoms with Gasteiger partial charge in [0.2, 0.25) is 0 Å². The maximum Gasteiger partial charge on any atom is 0.0361 e. The predicted molar refractivity (Wildman–Crippen MR) is 139 cm³/mol. The summed E-state index contributed by atoms with van der Waals surface area (Å²) < 4.78 is 2.81. The van der Waals surface area contributed by atoms with Gasteiger partial charge in [-0.2, -0.15) is 0 Å². The first-order valence-electron chi connectivity index (χ1n) is 11.6. The van der Waals surface area contributed by atoms with E-state index >= 15 is 0 Å². The minimum Gasteiger partial charge on any atom is -0.135 e. The van der Waals surface area contributed by atoms with Crippen molar-refractivity contribution < 1.29 is 0 Å². The monoisotopic (exact) mass is 428 g/mol. The van der Waals surface area contributed by atoms with E-state index in [1.807, 2.05) is 11.3 Å². The number of benzene rings is 4. The average molecular weight is 429 g/mol. The third-order valence-electron chi connectivity index (χ3n) is 7.54. The van der Waals surface area contributed by atoms with Gasteiger partial charge in [0, 0.05) is 26.1 Å². The second-order valence-corrected chi connectivity index (χ2v) is 10.3. The topological polar surface area (TPSA) is 0 Å². The van der Waals surface area contributed by atoms with Crippen molar-refractivity contribution in [1.29, 1.82) is 0 Å². The summed E-state index contributed by atoms with van der Waals surface area (Å²) in [5.41, 5.74) is 7.48. The predicted octanol–water partition coefficient (Wildman–Crippen LogP) is 7.23. The zero-order valence-corrected chi connectivity index (χ0v) is 19.0. The molecule has 0 spiro atoms. The molecule has 32 heavy (non-hydrogen) atoms. The second kappa shape index (κ2) is 6.92. The van der Waals surface area contributed by atoms with Crippen LogP contribution in [0.25, 0.3) is 42.9 Å². The molecular formula is C31H24S. The van der Waals surface area contributed by atoms with Crippen molar-refractivity contribution in [2.75, 3.05) is 0 Å². The van der Waals surface area contributed by atoms with Gasteiger partial charge < -0.3 is 0 Å². The Balaban J connectivity index is 1.38. The molecule has 0 nitrogen and oxygen atoms in total. The van der Waals surface area contributed by atoms with E-state index in [0.717, 1.165) is 6.42 Å². The molecule has 1 atom stereocenters. The molecule has 5 aromatic rings. The number of rotatable bonds is 3. The van der Waals surface area contributed by atoms with Crippen LogP contribution in [0.3, 0.4) is 0 Å². The largest absolute Gasteiger partial charge is 0.135 e. The Hall–Kier alpha value is -3.16. The van der Waals surface area contributed by atoms with Crippen LogP contribution in [-0.4, -0.2) is 0 Å². The first kappa shape index (κ1) is 18.4. The highest BCUT2D eigenvalue weighted by Gasteiger charge is 2.28. The molecule has 1 heteroatoms. The second-order valence-electron chi connectivity index (χ2n) is 9.25. The fraction of sp³-hybridized carbons (Fsp3) is 0.161. The lowest BCUT2D eigenvalue weighted by atomic mass is 9.88. The Morgan fingerprint density at radius 1 is 0.719 bits per heavy atom. The molecule has 0 saturated carbocycles. The number of thiophene rings is 1. The Kier molecular flexibility index (Phi) is 3.98. The fourth-order valence-corrected chi connectivity index (χ4v) is 7.25. The van der Waals surface area contributed by atoms with E-state index < -0.39 is 0 Å². The molecule has 1 heterocycles. The molecule has 154 valence electrons. The van der Waals surface area contributed by atoms with Crippen molar-refractivity contribution in [1.82, 2.24) is 0 Å². The average Bonchev–Trinajstić information content (AvgIpc) is 3.46. The summed E-state index contributed by atoms with van der Waals surface area (Å²) in [5, 5.41) is 5.84. The van der Waals surface area contributed by atoms with Gasteiger partial charge in [-0.25, -0.2) is 0 Å². The molecule has 4 aromatic carbocycles. The van der Waals surface area contributed by atoms with Crippen molar-refractivity contribution in [3.8, 4) is 11.1 Å². The molecule has 0 saturated heterocycles. The Bertz CT molecular complexity index is 1600. The van der Waals surface area contributed by atoms with Crippen LogP contribution in [0.15, 0.2) is 84.9 Å². The maximum absolute atomic E-state index is 2.48. The van der Waals surface area contributed by atoms with Crippen molar-refractivity contribution in [3.63, 3.8) is 0 Å². The summed E-state index contributed by atoms with van der Waals surface area (Å²) in [5.74, 6) is 0.991. The number of hydrogen-bond acceptors (Lipinski definition) is 1. The van der Waals surface area contributed by atoms with Crippen LogP contribution < -0.4 is 10.4 Å². The first-order valence-corrected chi connectivity index (χ1v) is 12.4. The van der Waals surface area contributed by atoms with E-state index in [0.29, 0.717) is 11.8 Å². The molecule has 7 rings (SSSR count). The molecule has 1 unspecified atom stereocenters.